The lowest BCUT2D eigenvalue weighted by atomic mass is 10.2. The maximum absolute atomic E-state index is 12.4. The lowest BCUT2D eigenvalue weighted by Crippen LogP contribution is -2.44. The van der Waals surface area contributed by atoms with Crippen LogP contribution < -0.4 is 10.6 Å². The Morgan fingerprint density at radius 2 is 1.96 bits per heavy atom. The summed E-state index contributed by atoms with van der Waals surface area (Å²) < 4.78 is 31.2. The molecule has 2 N–H and O–H groups in total. The van der Waals surface area contributed by atoms with Crippen molar-refractivity contribution in [2.24, 2.45) is 0 Å². The summed E-state index contributed by atoms with van der Waals surface area (Å²) >= 11 is 3.19. The maximum Gasteiger partial charge on any atom is 0.251 e. The molecule has 10 heteroatoms. The van der Waals surface area contributed by atoms with E-state index in [0.717, 1.165) is 4.31 Å². The third kappa shape index (κ3) is 5.18. The van der Waals surface area contributed by atoms with Gasteiger partial charge in [-0.2, -0.15) is 0 Å². The Kier molecular flexibility index (Phi) is 6.79. The standard InChI is InChI=1S/C17H20BrN3O5S/c1-11(16(22)19-10-13-5-4-8-26-13)20-17(23)12-6-7-14(18)15(9-12)27(24,25)21(2)3/h4-9,11H,10H2,1-3H3,(H,19,22)(H,20,23). The minimum absolute atomic E-state index is 0.0323. The number of benzene rings is 1. The predicted octanol–water partition coefficient (Wildman–Crippen LogP) is 1.73. The van der Waals surface area contributed by atoms with Gasteiger partial charge < -0.3 is 15.1 Å². The number of nitrogens with zero attached hydrogens (tertiary/aromatic N) is 1. The second-order valence-corrected chi connectivity index (χ2v) is 8.90. The van der Waals surface area contributed by atoms with E-state index in [0.29, 0.717) is 10.2 Å². The highest BCUT2D eigenvalue weighted by molar-refractivity contribution is 9.10. The van der Waals surface area contributed by atoms with E-state index in [2.05, 4.69) is 26.6 Å². The molecule has 0 saturated heterocycles. The first-order valence-electron chi connectivity index (χ1n) is 7.96. The van der Waals surface area contributed by atoms with Crippen molar-refractivity contribution in [3.8, 4) is 0 Å². The van der Waals surface area contributed by atoms with Crippen LogP contribution in [0.25, 0.3) is 0 Å². The second-order valence-electron chi connectivity index (χ2n) is 5.92. The van der Waals surface area contributed by atoms with E-state index in [1.807, 2.05) is 0 Å². The summed E-state index contributed by atoms with van der Waals surface area (Å²) in [6.45, 7) is 1.74. The van der Waals surface area contributed by atoms with Crippen LogP contribution in [0.1, 0.15) is 23.0 Å². The van der Waals surface area contributed by atoms with Crippen molar-refractivity contribution in [3.05, 3.63) is 52.4 Å². The Bertz CT molecular complexity index is 926. The van der Waals surface area contributed by atoms with E-state index in [-0.39, 0.29) is 17.0 Å². The number of rotatable bonds is 7. The molecule has 1 aromatic carbocycles. The zero-order valence-corrected chi connectivity index (χ0v) is 17.4. The van der Waals surface area contributed by atoms with Crippen molar-refractivity contribution in [2.75, 3.05) is 14.1 Å². The molecule has 0 radical (unpaired) electrons. The van der Waals surface area contributed by atoms with E-state index < -0.39 is 27.9 Å². The van der Waals surface area contributed by atoms with Gasteiger partial charge in [0.05, 0.1) is 17.7 Å². The van der Waals surface area contributed by atoms with E-state index in [1.165, 1.54) is 45.5 Å². The first-order chi connectivity index (χ1) is 12.6. The van der Waals surface area contributed by atoms with Gasteiger partial charge in [-0.05, 0) is 53.2 Å². The molecule has 0 fully saturated rings. The minimum Gasteiger partial charge on any atom is -0.467 e. The Balaban J connectivity index is 2.08. The van der Waals surface area contributed by atoms with Crippen molar-refractivity contribution in [1.29, 1.82) is 0 Å². The number of amides is 2. The Morgan fingerprint density at radius 3 is 2.56 bits per heavy atom. The van der Waals surface area contributed by atoms with Gasteiger partial charge in [-0.15, -0.1) is 0 Å². The molecule has 0 aliphatic carbocycles. The molecular weight excluding hydrogens is 438 g/mol. The van der Waals surface area contributed by atoms with Crippen LogP contribution in [0.15, 0.2) is 50.4 Å². The number of sulfonamides is 1. The van der Waals surface area contributed by atoms with E-state index >= 15 is 0 Å². The largest absolute Gasteiger partial charge is 0.467 e. The summed E-state index contributed by atoms with van der Waals surface area (Å²) in [7, 11) is -0.920. The summed E-state index contributed by atoms with van der Waals surface area (Å²) in [5.41, 5.74) is 0.129. The van der Waals surface area contributed by atoms with Gasteiger partial charge in [0.2, 0.25) is 15.9 Å². The van der Waals surface area contributed by atoms with E-state index in [9.17, 15) is 18.0 Å². The molecule has 2 rings (SSSR count). The normalized spacial score (nSPS) is 12.6. The average molecular weight is 458 g/mol. The van der Waals surface area contributed by atoms with Crippen molar-refractivity contribution in [1.82, 2.24) is 14.9 Å². The number of carbonyl (C=O) groups is 2. The topological polar surface area (TPSA) is 109 Å². The van der Waals surface area contributed by atoms with Gasteiger partial charge in [-0.3, -0.25) is 9.59 Å². The Hall–Kier alpha value is -2.17. The number of halogens is 1. The fraction of sp³-hybridized carbons (Fsp3) is 0.294. The van der Waals surface area contributed by atoms with Crippen molar-refractivity contribution < 1.29 is 22.4 Å². The molecule has 0 aliphatic heterocycles. The predicted molar refractivity (Wildman–Crippen MR) is 102 cm³/mol. The highest BCUT2D eigenvalue weighted by Crippen LogP contribution is 2.25. The molecule has 1 heterocycles. The van der Waals surface area contributed by atoms with Crippen molar-refractivity contribution >= 4 is 37.8 Å². The summed E-state index contributed by atoms with van der Waals surface area (Å²) in [6.07, 6.45) is 1.50. The van der Waals surface area contributed by atoms with Crippen LogP contribution in [0, 0.1) is 0 Å². The maximum atomic E-state index is 12.4. The van der Waals surface area contributed by atoms with Crippen LogP contribution in [0.4, 0.5) is 0 Å². The third-order valence-electron chi connectivity index (χ3n) is 3.71. The average Bonchev–Trinajstić information content (AvgIpc) is 3.13. The summed E-state index contributed by atoms with van der Waals surface area (Å²) in [5, 5.41) is 5.19. The minimum atomic E-state index is -3.73. The molecule has 0 aliphatic rings. The Morgan fingerprint density at radius 1 is 1.26 bits per heavy atom. The zero-order chi connectivity index (χ0) is 20.2. The van der Waals surface area contributed by atoms with Gasteiger partial charge >= 0.3 is 0 Å². The molecule has 8 nitrogen and oxygen atoms in total. The van der Waals surface area contributed by atoms with Gasteiger partial charge in [0.25, 0.3) is 5.91 Å². The van der Waals surface area contributed by atoms with Gasteiger partial charge in [-0.25, -0.2) is 12.7 Å². The van der Waals surface area contributed by atoms with Crippen LogP contribution in [0.5, 0.6) is 0 Å². The first-order valence-corrected chi connectivity index (χ1v) is 10.2. The number of nitrogens with one attached hydrogen (secondary N) is 2. The quantitative estimate of drug-likeness (QED) is 0.657. The first kappa shape index (κ1) is 21.1. The van der Waals surface area contributed by atoms with Crippen molar-refractivity contribution in [2.45, 2.75) is 24.4 Å². The van der Waals surface area contributed by atoms with E-state index in [4.69, 9.17) is 4.42 Å². The summed E-state index contributed by atoms with van der Waals surface area (Å²) in [6, 6.07) is 6.83. The fourth-order valence-electron chi connectivity index (χ4n) is 2.12. The Labute approximate surface area is 166 Å². The van der Waals surface area contributed by atoms with Crippen molar-refractivity contribution in [3.63, 3.8) is 0 Å². The van der Waals surface area contributed by atoms with E-state index in [1.54, 1.807) is 12.1 Å². The molecule has 1 atom stereocenters. The number of furan rings is 1. The monoisotopic (exact) mass is 457 g/mol. The zero-order valence-electron chi connectivity index (χ0n) is 15.0. The molecule has 0 spiro atoms. The van der Waals surface area contributed by atoms with Crippen LogP contribution in [0.3, 0.4) is 0 Å². The molecule has 146 valence electrons. The highest BCUT2D eigenvalue weighted by atomic mass is 79.9. The number of hydrogen-bond acceptors (Lipinski definition) is 5. The third-order valence-corrected chi connectivity index (χ3v) is 6.52. The second kappa shape index (κ2) is 8.68. The molecule has 1 aromatic heterocycles. The highest BCUT2D eigenvalue weighted by Gasteiger charge is 2.23. The molecule has 2 aromatic rings. The smallest absolute Gasteiger partial charge is 0.251 e. The molecule has 1 unspecified atom stereocenters. The SMILES string of the molecule is CC(NC(=O)c1ccc(Br)c(S(=O)(=O)N(C)C)c1)C(=O)NCc1ccco1. The molecule has 0 bridgehead atoms. The fourth-order valence-corrected chi connectivity index (χ4v) is 3.97. The van der Waals surface area contributed by atoms with Crippen LogP contribution in [0.2, 0.25) is 0 Å². The van der Waals surface area contributed by atoms with Gasteiger partial charge in [0.15, 0.2) is 0 Å². The molecule has 2 amide bonds. The number of hydrogen-bond donors (Lipinski definition) is 2. The number of carbonyl (C=O) groups excluding carboxylic acids is 2. The lowest BCUT2D eigenvalue weighted by Gasteiger charge is -2.16. The van der Waals surface area contributed by atoms with Crippen LogP contribution in [-0.4, -0.2) is 44.7 Å². The summed E-state index contributed by atoms with van der Waals surface area (Å²) in [5.74, 6) is -0.357. The molecule has 0 saturated carbocycles. The van der Waals surface area contributed by atoms with Gasteiger partial charge in [-0.1, -0.05) is 0 Å². The lowest BCUT2D eigenvalue weighted by molar-refractivity contribution is -0.122. The summed E-state index contributed by atoms with van der Waals surface area (Å²) in [4.78, 5) is 24.5. The van der Waals surface area contributed by atoms with Gasteiger partial charge in [0, 0.05) is 24.1 Å². The molecule has 27 heavy (non-hydrogen) atoms. The van der Waals surface area contributed by atoms with Crippen LogP contribution >= 0.6 is 15.9 Å². The van der Waals surface area contributed by atoms with Crippen LogP contribution in [-0.2, 0) is 21.4 Å². The van der Waals surface area contributed by atoms with Gasteiger partial charge in [0.1, 0.15) is 11.8 Å². The molecular formula is C17H20BrN3O5S.